The van der Waals surface area contributed by atoms with Gasteiger partial charge in [0.05, 0.1) is 26.5 Å². The molecule has 1 heterocycles. The van der Waals surface area contributed by atoms with Crippen LogP contribution in [0.3, 0.4) is 0 Å². The first kappa shape index (κ1) is 15.4. The van der Waals surface area contributed by atoms with E-state index in [9.17, 15) is 4.39 Å². The van der Waals surface area contributed by atoms with Gasteiger partial charge in [-0.25, -0.2) is 14.8 Å². The lowest BCUT2D eigenvalue weighted by atomic mass is 10.0. The van der Waals surface area contributed by atoms with Gasteiger partial charge < -0.3 is 9.47 Å². The van der Waals surface area contributed by atoms with Gasteiger partial charge in [-0.05, 0) is 17.7 Å². The Balaban J connectivity index is 2.50. The van der Waals surface area contributed by atoms with E-state index in [1.807, 2.05) is 0 Å². The molecule has 0 saturated heterocycles. The number of rotatable bonds is 5. The predicted octanol–water partition coefficient (Wildman–Crippen LogP) is 1.84. The van der Waals surface area contributed by atoms with Crippen LogP contribution in [0.4, 0.5) is 4.39 Å². The number of halogens is 2. The Bertz CT molecular complexity index is 642. The summed E-state index contributed by atoms with van der Waals surface area (Å²) in [4.78, 5) is 8.36. The minimum absolute atomic E-state index is 0.220. The van der Waals surface area contributed by atoms with Gasteiger partial charge >= 0.3 is 0 Å². The Kier molecular flexibility index (Phi) is 4.89. The summed E-state index contributed by atoms with van der Waals surface area (Å²) in [6.07, 6.45) is 1.43. The molecule has 1 atom stereocenters. The molecule has 8 heteroatoms. The smallest absolute Gasteiger partial charge is 0.240 e. The molecule has 21 heavy (non-hydrogen) atoms. The van der Waals surface area contributed by atoms with Crippen molar-refractivity contribution in [3.8, 4) is 11.8 Å². The molecule has 112 valence electrons. The number of hydrazine groups is 1. The minimum atomic E-state index is -0.605. The molecule has 0 radical (unpaired) electrons. The molecule has 0 aliphatic rings. The van der Waals surface area contributed by atoms with E-state index in [-0.39, 0.29) is 10.9 Å². The van der Waals surface area contributed by atoms with E-state index in [2.05, 4.69) is 15.4 Å². The van der Waals surface area contributed by atoms with Crippen molar-refractivity contribution in [1.29, 1.82) is 0 Å². The molecule has 0 spiro atoms. The fourth-order valence-electron chi connectivity index (χ4n) is 1.86. The number of nitrogens with two attached hydrogens (primary N) is 1. The van der Waals surface area contributed by atoms with Crippen molar-refractivity contribution >= 4 is 11.6 Å². The first-order valence-corrected chi connectivity index (χ1v) is 6.34. The summed E-state index contributed by atoms with van der Waals surface area (Å²) in [5, 5.41) is 0.220. The van der Waals surface area contributed by atoms with Gasteiger partial charge in [-0.2, -0.15) is 4.98 Å². The third-order valence-corrected chi connectivity index (χ3v) is 3.19. The number of nitrogens with zero attached hydrogens (tertiary/aromatic N) is 2. The monoisotopic (exact) mass is 312 g/mol. The summed E-state index contributed by atoms with van der Waals surface area (Å²) in [7, 11) is 2.92. The fraction of sp³-hybridized carbons (Fsp3) is 0.231. The highest BCUT2D eigenvalue weighted by molar-refractivity contribution is 6.31. The minimum Gasteiger partial charge on any atom is -0.480 e. The molecule has 0 aliphatic carbocycles. The second-order valence-electron chi connectivity index (χ2n) is 4.07. The number of hydrogen-bond acceptors (Lipinski definition) is 6. The predicted molar refractivity (Wildman–Crippen MR) is 75.7 cm³/mol. The highest BCUT2D eigenvalue weighted by atomic mass is 35.5. The Morgan fingerprint density at radius 3 is 2.67 bits per heavy atom. The van der Waals surface area contributed by atoms with Gasteiger partial charge in [-0.3, -0.25) is 5.84 Å². The van der Waals surface area contributed by atoms with Gasteiger partial charge in [0.25, 0.3) is 0 Å². The Morgan fingerprint density at radius 2 is 2.10 bits per heavy atom. The third-order valence-electron chi connectivity index (χ3n) is 2.86. The average molecular weight is 313 g/mol. The van der Waals surface area contributed by atoms with Crippen molar-refractivity contribution in [3.05, 3.63) is 46.5 Å². The summed E-state index contributed by atoms with van der Waals surface area (Å²) >= 11 is 6.06. The van der Waals surface area contributed by atoms with Gasteiger partial charge in [0.1, 0.15) is 11.5 Å². The standard InChI is InChI=1S/C13H14ClFN4O2/c1-20-10-6-17-12(13(18-10)21-2)11(19-16)8-4-3-7(15)5-9(8)14/h3-6,11,19H,16H2,1-2H3. The summed E-state index contributed by atoms with van der Waals surface area (Å²) in [5.41, 5.74) is 3.54. The Hall–Kier alpha value is -1.96. The van der Waals surface area contributed by atoms with E-state index in [1.54, 1.807) is 0 Å². The zero-order valence-corrected chi connectivity index (χ0v) is 12.2. The maximum absolute atomic E-state index is 13.2. The van der Waals surface area contributed by atoms with Crippen LogP contribution in [-0.2, 0) is 0 Å². The average Bonchev–Trinajstić information content (AvgIpc) is 2.50. The van der Waals surface area contributed by atoms with E-state index >= 15 is 0 Å². The Morgan fingerprint density at radius 1 is 1.33 bits per heavy atom. The van der Waals surface area contributed by atoms with Crippen LogP contribution in [0.25, 0.3) is 0 Å². The van der Waals surface area contributed by atoms with Crippen molar-refractivity contribution in [1.82, 2.24) is 15.4 Å². The van der Waals surface area contributed by atoms with E-state index in [0.717, 1.165) is 0 Å². The van der Waals surface area contributed by atoms with Gasteiger partial charge in [-0.15, -0.1) is 0 Å². The largest absolute Gasteiger partial charge is 0.480 e. The molecule has 0 saturated carbocycles. The molecule has 6 nitrogen and oxygen atoms in total. The van der Waals surface area contributed by atoms with Crippen LogP contribution in [0.15, 0.2) is 24.4 Å². The molecule has 1 aromatic heterocycles. The van der Waals surface area contributed by atoms with Crippen molar-refractivity contribution < 1.29 is 13.9 Å². The maximum Gasteiger partial charge on any atom is 0.240 e. The van der Waals surface area contributed by atoms with E-state index in [4.69, 9.17) is 26.9 Å². The molecular weight excluding hydrogens is 299 g/mol. The summed E-state index contributed by atoms with van der Waals surface area (Å²) < 4.78 is 23.3. The SMILES string of the molecule is COc1cnc(C(NN)c2ccc(F)cc2Cl)c(OC)n1. The maximum atomic E-state index is 13.2. The quantitative estimate of drug-likeness (QED) is 0.647. The number of methoxy groups -OCH3 is 2. The molecule has 2 rings (SSSR count). The molecule has 0 aliphatic heterocycles. The lowest BCUT2D eigenvalue weighted by Crippen LogP contribution is -2.30. The third kappa shape index (κ3) is 3.21. The van der Waals surface area contributed by atoms with Crippen LogP contribution >= 0.6 is 11.6 Å². The van der Waals surface area contributed by atoms with Gasteiger partial charge in [0.2, 0.25) is 11.8 Å². The highest BCUT2D eigenvalue weighted by Gasteiger charge is 2.23. The van der Waals surface area contributed by atoms with Gasteiger partial charge in [0, 0.05) is 5.02 Å². The summed E-state index contributed by atoms with van der Waals surface area (Å²) in [5.74, 6) is 5.68. The van der Waals surface area contributed by atoms with Crippen LogP contribution in [0.1, 0.15) is 17.3 Å². The number of nitrogens with one attached hydrogen (secondary N) is 1. The van der Waals surface area contributed by atoms with Crippen molar-refractivity contribution in [2.75, 3.05) is 14.2 Å². The fourth-order valence-corrected chi connectivity index (χ4v) is 2.14. The van der Waals surface area contributed by atoms with E-state index in [1.165, 1.54) is 38.6 Å². The first-order chi connectivity index (χ1) is 10.1. The lowest BCUT2D eigenvalue weighted by molar-refractivity contribution is 0.352. The highest BCUT2D eigenvalue weighted by Crippen LogP contribution is 2.32. The van der Waals surface area contributed by atoms with E-state index in [0.29, 0.717) is 17.1 Å². The van der Waals surface area contributed by atoms with Crippen molar-refractivity contribution in [2.45, 2.75) is 6.04 Å². The molecule has 0 bridgehead atoms. The zero-order chi connectivity index (χ0) is 15.4. The molecular formula is C13H14ClFN4O2. The van der Waals surface area contributed by atoms with Crippen LogP contribution in [-0.4, -0.2) is 24.2 Å². The van der Waals surface area contributed by atoms with Crippen molar-refractivity contribution in [3.63, 3.8) is 0 Å². The number of ether oxygens (including phenoxy) is 2. The number of hydrogen-bond donors (Lipinski definition) is 2. The van der Waals surface area contributed by atoms with Crippen LogP contribution in [0.2, 0.25) is 5.02 Å². The van der Waals surface area contributed by atoms with Crippen LogP contribution in [0, 0.1) is 5.82 Å². The number of aromatic nitrogens is 2. The molecule has 0 amide bonds. The number of benzene rings is 1. The molecule has 0 fully saturated rings. The van der Waals surface area contributed by atoms with Crippen LogP contribution in [0.5, 0.6) is 11.8 Å². The molecule has 3 N–H and O–H groups in total. The summed E-state index contributed by atoms with van der Waals surface area (Å²) in [6, 6.07) is 3.40. The van der Waals surface area contributed by atoms with E-state index < -0.39 is 11.9 Å². The van der Waals surface area contributed by atoms with Crippen molar-refractivity contribution in [2.24, 2.45) is 5.84 Å². The van der Waals surface area contributed by atoms with Gasteiger partial charge in [0.15, 0.2) is 0 Å². The molecule has 1 aromatic carbocycles. The first-order valence-electron chi connectivity index (χ1n) is 5.96. The molecule has 1 unspecified atom stereocenters. The normalized spacial score (nSPS) is 12.0. The zero-order valence-electron chi connectivity index (χ0n) is 11.4. The Labute approximate surface area is 126 Å². The second-order valence-corrected chi connectivity index (χ2v) is 4.48. The molecule has 2 aromatic rings. The van der Waals surface area contributed by atoms with Crippen LogP contribution < -0.4 is 20.7 Å². The summed E-state index contributed by atoms with van der Waals surface area (Å²) in [6.45, 7) is 0. The van der Waals surface area contributed by atoms with Gasteiger partial charge in [-0.1, -0.05) is 17.7 Å². The second kappa shape index (κ2) is 6.66. The topological polar surface area (TPSA) is 82.3 Å². The lowest BCUT2D eigenvalue weighted by Gasteiger charge is -2.19.